The van der Waals surface area contributed by atoms with E-state index in [1.54, 1.807) is 4.90 Å². The highest BCUT2D eigenvalue weighted by atomic mass is 32.2. The Labute approximate surface area is 142 Å². The smallest absolute Gasteiger partial charge is 0.231 e. The van der Waals surface area contributed by atoms with Crippen molar-refractivity contribution in [3.63, 3.8) is 0 Å². The second-order valence-corrected chi connectivity index (χ2v) is 7.74. The molecule has 1 aliphatic rings. The van der Waals surface area contributed by atoms with Crippen LogP contribution in [-0.2, 0) is 27.0 Å². The maximum Gasteiger partial charge on any atom is 0.231 e. The summed E-state index contributed by atoms with van der Waals surface area (Å²) in [6.45, 7) is 2.43. The lowest BCUT2D eigenvalue weighted by Crippen LogP contribution is -2.37. The van der Waals surface area contributed by atoms with E-state index in [1.807, 2.05) is 55.5 Å². The van der Waals surface area contributed by atoms with Crippen LogP contribution >= 0.6 is 0 Å². The summed E-state index contributed by atoms with van der Waals surface area (Å²) >= 11 is 0. The molecular weight excluding hydrogens is 324 g/mol. The summed E-state index contributed by atoms with van der Waals surface area (Å²) in [5.74, 6) is -0.0428. The SMILES string of the molecule is Cc1ccccc1CS(=O)(=O)NCCN1C(=O)Cc2ccccc21. The molecule has 0 spiro atoms. The fraction of sp³-hybridized carbons (Fsp3) is 0.278. The summed E-state index contributed by atoms with van der Waals surface area (Å²) in [6, 6.07) is 15.0. The van der Waals surface area contributed by atoms with Gasteiger partial charge in [0.1, 0.15) is 0 Å². The van der Waals surface area contributed by atoms with Crippen LogP contribution in [0.25, 0.3) is 0 Å². The summed E-state index contributed by atoms with van der Waals surface area (Å²) in [7, 11) is -3.43. The molecule has 1 N–H and O–H groups in total. The van der Waals surface area contributed by atoms with E-state index in [0.29, 0.717) is 13.0 Å². The third-order valence-electron chi connectivity index (χ3n) is 4.19. The van der Waals surface area contributed by atoms with Gasteiger partial charge in [0.2, 0.25) is 15.9 Å². The number of carbonyl (C=O) groups excluding carboxylic acids is 1. The Balaban J connectivity index is 1.60. The maximum absolute atomic E-state index is 12.2. The molecule has 2 aromatic carbocycles. The van der Waals surface area contributed by atoms with E-state index in [9.17, 15) is 13.2 Å². The van der Waals surface area contributed by atoms with Gasteiger partial charge in [-0.15, -0.1) is 0 Å². The van der Waals surface area contributed by atoms with Crippen LogP contribution in [0.2, 0.25) is 0 Å². The zero-order valence-corrected chi connectivity index (χ0v) is 14.3. The lowest BCUT2D eigenvalue weighted by Gasteiger charge is -2.18. The minimum absolute atomic E-state index is 0.00861. The van der Waals surface area contributed by atoms with Gasteiger partial charge >= 0.3 is 0 Å². The molecule has 6 heteroatoms. The molecule has 1 heterocycles. The van der Waals surface area contributed by atoms with E-state index in [0.717, 1.165) is 22.4 Å². The first-order chi connectivity index (χ1) is 11.5. The average molecular weight is 344 g/mol. The number of anilines is 1. The van der Waals surface area contributed by atoms with E-state index in [4.69, 9.17) is 0 Å². The highest BCUT2D eigenvalue weighted by molar-refractivity contribution is 7.88. The number of benzene rings is 2. The number of rotatable bonds is 6. The average Bonchev–Trinajstić information content (AvgIpc) is 2.85. The quantitative estimate of drug-likeness (QED) is 0.872. The molecule has 3 rings (SSSR count). The molecular formula is C18H20N2O3S. The third-order valence-corrected chi connectivity index (χ3v) is 5.52. The van der Waals surface area contributed by atoms with E-state index in [-0.39, 0.29) is 18.2 Å². The number of fused-ring (bicyclic) bond motifs is 1. The Morgan fingerprint density at radius 1 is 1.08 bits per heavy atom. The van der Waals surface area contributed by atoms with E-state index in [2.05, 4.69) is 4.72 Å². The van der Waals surface area contributed by atoms with Gasteiger partial charge in [-0.05, 0) is 29.7 Å². The number of sulfonamides is 1. The van der Waals surface area contributed by atoms with Crippen LogP contribution in [0.15, 0.2) is 48.5 Å². The second-order valence-electron chi connectivity index (χ2n) is 5.93. The van der Waals surface area contributed by atoms with Gasteiger partial charge in [-0.25, -0.2) is 13.1 Å². The largest absolute Gasteiger partial charge is 0.311 e. The molecule has 2 aromatic rings. The molecule has 0 aliphatic carbocycles. The van der Waals surface area contributed by atoms with Crippen LogP contribution in [0.4, 0.5) is 5.69 Å². The molecule has 0 unspecified atom stereocenters. The fourth-order valence-corrected chi connectivity index (χ4v) is 4.14. The summed E-state index contributed by atoms with van der Waals surface area (Å²) in [4.78, 5) is 13.7. The van der Waals surface area contributed by atoms with Gasteiger partial charge < -0.3 is 4.90 Å². The van der Waals surface area contributed by atoms with Crippen LogP contribution in [0.1, 0.15) is 16.7 Å². The minimum Gasteiger partial charge on any atom is -0.311 e. The Bertz CT molecular complexity index is 862. The van der Waals surface area contributed by atoms with Gasteiger partial charge in [-0.3, -0.25) is 4.79 Å². The molecule has 126 valence electrons. The number of hydrogen-bond donors (Lipinski definition) is 1. The first-order valence-corrected chi connectivity index (χ1v) is 9.51. The summed E-state index contributed by atoms with van der Waals surface area (Å²) in [5.41, 5.74) is 3.60. The zero-order chi connectivity index (χ0) is 17.2. The molecule has 0 radical (unpaired) electrons. The standard InChI is InChI=1S/C18H20N2O3S/c1-14-6-2-3-8-16(14)13-24(22,23)19-10-11-20-17-9-5-4-7-15(17)12-18(20)21/h2-9,19H,10-13H2,1H3. The number of carbonyl (C=O) groups is 1. The van der Waals surface area contributed by atoms with Crippen molar-refractivity contribution in [2.24, 2.45) is 0 Å². The van der Waals surface area contributed by atoms with Gasteiger partial charge in [0.25, 0.3) is 0 Å². The molecule has 0 aromatic heterocycles. The molecule has 1 amide bonds. The van der Waals surface area contributed by atoms with Crippen molar-refractivity contribution in [3.05, 3.63) is 65.2 Å². The van der Waals surface area contributed by atoms with E-state index in [1.165, 1.54) is 0 Å². The first kappa shape index (κ1) is 16.7. The van der Waals surface area contributed by atoms with Gasteiger partial charge in [0, 0.05) is 18.8 Å². The van der Waals surface area contributed by atoms with Crippen molar-refractivity contribution in [3.8, 4) is 0 Å². The second kappa shape index (κ2) is 6.75. The topological polar surface area (TPSA) is 66.5 Å². The molecule has 1 aliphatic heterocycles. The number of amides is 1. The third kappa shape index (κ3) is 3.66. The minimum atomic E-state index is -3.43. The zero-order valence-electron chi connectivity index (χ0n) is 13.5. The predicted octanol–water partition coefficient (Wildman–Crippen LogP) is 2.00. The number of hydrogen-bond acceptors (Lipinski definition) is 3. The van der Waals surface area contributed by atoms with Crippen molar-refractivity contribution in [1.29, 1.82) is 0 Å². The molecule has 0 saturated heterocycles. The Kier molecular flexibility index (Phi) is 4.69. The van der Waals surface area contributed by atoms with Crippen molar-refractivity contribution in [1.82, 2.24) is 4.72 Å². The fourth-order valence-electron chi connectivity index (χ4n) is 2.90. The summed E-state index contributed by atoms with van der Waals surface area (Å²) < 4.78 is 27.1. The van der Waals surface area contributed by atoms with Gasteiger partial charge in [-0.1, -0.05) is 42.5 Å². The number of para-hydroxylation sites is 1. The molecule has 0 fully saturated rings. The highest BCUT2D eigenvalue weighted by Crippen LogP contribution is 2.27. The lowest BCUT2D eigenvalue weighted by atomic mass is 10.1. The molecule has 0 saturated carbocycles. The molecule has 0 bridgehead atoms. The summed E-state index contributed by atoms with van der Waals surface area (Å²) in [5, 5.41) is 0. The summed E-state index contributed by atoms with van der Waals surface area (Å²) in [6.07, 6.45) is 0.381. The number of nitrogens with zero attached hydrogens (tertiary/aromatic N) is 1. The maximum atomic E-state index is 12.2. The van der Waals surface area contributed by atoms with Crippen LogP contribution in [0.5, 0.6) is 0 Å². The van der Waals surface area contributed by atoms with Gasteiger partial charge in [0.15, 0.2) is 0 Å². The van der Waals surface area contributed by atoms with Crippen molar-refractivity contribution >= 4 is 21.6 Å². The Morgan fingerprint density at radius 2 is 1.79 bits per heavy atom. The van der Waals surface area contributed by atoms with Crippen LogP contribution in [0, 0.1) is 6.92 Å². The number of aryl methyl sites for hydroxylation is 1. The molecule has 24 heavy (non-hydrogen) atoms. The van der Waals surface area contributed by atoms with Crippen LogP contribution in [-0.4, -0.2) is 27.4 Å². The van der Waals surface area contributed by atoms with E-state index >= 15 is 0 Å². The van der Waals surface area contributed by atoms with Crippen molar-refractivity contribution in [2.75, 3.05) is 18.0 Å². The number of nitrogens with one attached hydrogen (secondary N) is 1. The van der Waals surface area contributed by atoms with Gasteiger partial charge in [-0.2, -0.15) is 0 Å². The Hall–Kier alpha value is -2.18. The lowest BCUT2D eigenvalue weighted by molar-refractivity contribution is -0.117. The molecule has 0 atom stereocenters. The first-order valence-electron chi connectivity index (χ1n) is 7.86. The van der Waals surface area contributed by atoms with Crippen molar-refractivity contribution < 1.29 is 13.2 Å². The van der Waals surface area contributed by atoms with Crippen LogP contribution in [0.3, 0.4) is 0 Å². The van der Waals surface area contributed by atoms with Crippen LogP contribution < -0.4 is 9.62 Å². The molecule has 5 nitrogen and oxygen atoms in total. The predicted molar refractivity (Wildman–Crippen MR) is 94.3 cm³/mol. The van der Waals surface area contributed by atoms with Crippen molar-refractivity contribution in [2.45, 2.75) is 19.1 Å². The Morgan fingerprint density at radius 3 is 2.58 bits per heavy atom. The van der Waals surface area contributed by atoms with Gasteiger partial charge in [0.05, 0.1) is 12.2 Å². The van der Waals surface area contributed by atoms with E-state index < -0.39 is 10.0 Å². The highest BCUT2D eigenvalue weighted by Gasteiger charge is 2.26. The monoisotopic (exact) mass is 344 g/mol. The normalized spacial score (nSPS) is 14.0.